The quantitative estimate of drug-likeness (QED) is 0.712. The van der Waals surface area contributed by atoms with Crippen molar-refractivity contribution in [3.05, 3.63) is 35.9 Å². The lowest BCUT2D eigenvalue weighted by molar-refractivity contribution is -0.117. The number of ketones is 1. The summed E-state index contributed by atoms with van der Waals surface area (Å²) in [7, 11) is 0. The average Bonchev–Trinajstić information content (AvgIpc) is 2.63. The summed E-state index contributed by atoms with van der Waals surface area (Å²) >= 11 is 0. The molecule has 0 aromatic heterocycles. The molecule has 1 aromatic rings. The Morgan fingerprint density at radius 1 is 1.21 bits per heavy atom. The molecule has 0 saturated heterocycles. The van der Waals surface area contributed by atoms with Crippen molar-refractivity contribution < 1.29 is 4.79 Å². The Balaban J connectivity index is 1.80. The van der Waals surface area contributed by atoms with Crippen LogP contribution in [0, 0.1) is 5.92 Å². The van der Waals surface area contributed by atoms with Crippen LogP contribution in [0.5, 0.6) is 0 Å². The zero-order chi connectivity index (χ0) is 9.80. The van der Waals surface area contributed by atoms with Gasteiger partial charge >= 0.3 is 0 Å². The summed E-state index contributed by atoms with van der Waals surface area (Å²) in [5, 5.41) is 0. The molecule has 1 aliphatic rings. The molecule has 14 heavy (non-hydrogen) atoms. The van der Waals surface area contributed by atoms with Crippen molar-refractivity contribution in [2.24, 2.45) is 5.92 Å². The predicted octanol–water partition coefficient (Wildman–Crippen LogP) is 2.99. The molecule has 1 fully saturated rings. The number of carbonyl (C=O) groups excluding carboxylic acids is 1. The fourth-order valence-corrected chi connectivity index (χ4v) is 2.15. The zero-order valence-corrected chi connectivity index (χ0v) is 8.41. The van der Waals surface area contributed by atoms with E-state index in [-0.39, 0.29) is 0 Å². The van der Waals surface area contributed by atoms with Crippen molar-refractivity contribution in [1.82, 2.24) is 0 Å². The van der Waals surface area contributed by atoms with Crippen molar-refractivity contribution in [2.75, 3.05) is 0 Å². The molecular formula is C13H16O. The van der Waals surface area contributed by atoms with Gasteiger partial charge in [0.05, 0.1) is 0 Å². The third kappa shape index (κ3) is 2.44. The molecule has 0 heterocycles. The Hall–Kier alpha value is -1.11. The van der Waals surface area contributed by atoms with E-state index in [2.05, 4.69) is 24.3 Å². The molecule has 1 saturated carbocycles. The highest BCUT2D eigenvalue weighted by Gasteiger charge is 2.21. The van der Waals surface area contributed by atoms with Gasteiger partial charge in [-0.15, -0.1) is 0 Å². The molecule has 1 nitrogen and oxygen atoms in total. The van der Waals surface area contributed by atoms with Crippen LogP contribution < -0.4 is 0 Å². The minimum Gasteiger partial charge on any atom is -0.300 e. The van der Waals surface area contributed by atoms with Crippen LogP contribution in [-0.4, -0.2) is 5.78 Å². The maximum atomic E-state index is 11.1. The van der Waals surface area contributed by atoms with Crippen LogP contribution in [0.1, 0.15) is 31.2 Å². The van der Waals surface area contributed by atoms with E-state index in [1.54, 1.807) is 0 Å². The van der Waals surface area contributed by atoms with Crippen LogP contribution in [0.15, 0.2) is 30.3 Å². The van der Waals surface area contributed by atoms with Gasteiger partial charge in [0.2, 0.25) is 0 Å². The van der Waals surface area contributed by atoms with E-state index in [4.69, 9.17) is 0 Å². The number of carbonyl (C=O) groups is 1. The van der Waals surface area contributed by atoms with Crippen molar-refractivity contribution in [1.29, 1.82) is 0 Å². The fourth-order valence-electron chi connectivity index (χ4n) is 2.15. The third-order valence-electron chi connectivity index (χ3n) is 3.03. The monoisotopic (exact) mass is 188 g/mol. The molecule has 0 unspecified atom stereocenters. The van der Waals surface area contributed by atoms with E-state index < -0.39 is 0 Å². The highest BCUT2D eigenvalue weighted by Crippen LogP contribution is 2.26. The Labute approximate surface area is 85.1 Å². The van der Waals surface area contributed by atoms with Gasteiger partial charge in [0.15, 0.2) is 0 Å². The molecule has 0 amide bonds. The second-order valence-electron chi connectivity index (χ2n) is 4.17. The molecule has 0 N–H and O–H groups in total. The van der Waals surface area contributed by atoms with Crippen molar-refractivity contribution in [3.8, 4) is 0 Å². The van der Waals surface area contributed by atoms with E-state index in [0.717, 1.165) is 25.7 Å². The molecule has 74 valence electrons. The first-order valence-corrected chi connectivity index (χ1v) is 5.40. The number of rotatable bonds is 3. The van der Waals surface area contributed by atoms with E-state index in [1.165, 1.54) is 12.0 Å². The normalized spacial score (nSPS) is 21.4. The molecule has 1 atom stereocenters. The lowest BCUT2D eigenvalue weighted by atomic mass is 9.98. The van der Waals surface area contributed by atoms with Gasteiger partial charge in [0.1, 0.15) is 5.78 Å². The summed E-state index contributed by atoms with van der Waals surface area (Å²) < 4.78 is 0. The molecule has 1 heteroatoms. The van der Waals surface area contributed by atoms with Crippen LogP contribution in [0.4, 0.5) is 0 Å². The summed E-state index contributed by atoms with van der Waals surface area (Å²) in [5.41, 5.74) is 1.40. The molecule has 1 aliphatic carbocycles. The standard InChI is InChI=1S/C13H16O/c14-13-9-8-12(10-13)7-6-11-4-2-1-3-5-11/h1-5,12H,6-10H2/t12-/m0/s1. The van der Waals surface area contributed by atoms with Crippen LogP contribution in [0.25, 0.3) is 0 Å². The van der Waals surface area contributed by atoms with Crippen LogP contribution >= 0.6 is 0 Å². The highest BCUT2D eigenvalue weighted by atomic mass is 16.1. The summed E-state index contributed by atoms with van der Waals surface area (Å²) in [6.45, 7) is 0. The fraction of sp³-hybridized carbons (Fsp3) is 0.462. The summed E-state index contributed by atoms with van der Waals surface area (Å²) in [6, 6.07) is 10.5. The summed E-state index contributed by atoms with van der Waals surface area (Å²) in [5.74, 6) is 1.12. The van der Waals surface area contributed by atoms with Crippen molar-refractivity contribution >= 4 is 5.78 Å². The molecule has 0 spiro atoms. The van der Waals surface area contributed by atoms with Gasteiger partial charge in [-0.2, -0.15) is 0 Å². The van der Waals surface area contributed by atoms with E-state index in [1.807, 2.05) is 6.07 Å². The minimum atomic E-state index is 0.461. The Kier molecular flexibility index (Phi) is 2.97. The predicted molar refractivity (Wildman–Crippen MR) is 57.1 cm³/mol. The minimum absolute atomic E-state index is 0.461. The molecule has 2 rings (SSSR count). The molecule has 0 aliphatic heterocycles. The SMILES string of the molecule is O=C1CC[C@H](CCc2ccccc2)C1. The topological polar surface area (TPSA) is 17.1 Å². The molecular weight excluding hydrogens is 172 g/mol. The zero-order valence-electron chi connectivity index (χ0n) is 8.41. The maximum absolute atomic E-state index is 11.1. The Morgan fingerprint density at radius 2 is 2.00 bits per heavy atom. The number of aryl methyl sites for hydroxylation is 1. The van der Waals surface area contributed by atoms with Crippen LogP contribution in [0.3, 0.4) is 0 Å². The second kappa shape index (κ2) is 4.41. The third-order valence-corrected chi connectivity index (χ3v) is 3.03. The number of hydrogen-bond donors (Lipinski definition) is 0. The first-order chi connectivity index (χ1) is 6.84. The van der Waals surface area contributed by atoms with Crippen LogP contribution in [0.2, 0.25) is 0 Å². The van der Waals surface area contributed by atoms with E-state index in [9.17, 15) is 4.79 Å². The summed E-state index contributed by atoms with van der Waals surface area (Å²) in [4.78, 5) is 11.1. The number of Topliss-reactive ketones (excluding diaryl/α,β-unsaturated/α-hetero) is 1. The van der Waals surface area contributed by atoms with Crippen molar-refractivity contribution in [3.63, 3.8) is 0 Å². The first kappa shape index (κ1) is 9.45. The highest BCUT2D eigenvalue weighted by molar-refractivity contribution is 5.80. The Morgan fingerprint density at radius 3 is 2.64 bits per heavy atom. The van der Waals surface area contributed by atoms with Gasteiger partial charge in [0.25, 0.3) is 0 Å². The van der Waals surface area contributed by atoms with Crippen molar-refractivity contribution in [2.45, 2.75) is 32.1 Å². The lowest BCUT2D eigenvalue weighted by Gasteiger charge is -2.06. The van der Waals surface area contributed by atoms with Gasteiger partial charge in [-0.1, -0.05) is 30.3 Å². The smallest absolute Gasteiger partial charge is 0.133 e. The average molecular weight is 188 g/mol. The maximum Gasteiger partial charge on any atom is 0.133 e. The van der Waals surface area contributed by atoms with E-state index in [0.29, 0.717) is 11.7 Å². The number of hydrogen-bond acceptors (Lipinski definition) is 1. The van der Waals surface area contributed by atoms with Gasteiger partial charge in [-0.05, 0) is 30.7 Å². The van der Waals surface area contributed by atoms with Gasteiger partial charge in [-0.3, -0.25) is 4.79 Å². The molecule has 1 aromatic carbocycles. The van der Waals surface area contributed by atoms with Crippen LogP contribution in [-0.2, 0) is 11.2 Å². The number of benzene rings is 1. The van der Waals surface area contributed by atoms with Gasteiger partial charge in [-0.25, -0.2) is 0 Å². The van der Waals surface area contributed by atoms with Gasteiger partial charge in [0, 0.05) is 12.8 Å². The largest absolute Gasteiger partial charge is 0.300 e. The molecule has 0 bridgehead atoms. The van der Waals surface area contributed by atoms with E-state index >= 15 is 0 Å². The summed E-state index contributed by atoms with van der Waals surface area (Å²) in [6.07, 6.45) is 5.06. The second-order valence-corrected chi connectivity index (χ2v) is 4.17. The first-order valence-electron chi connectivity index (χ1n) is 5.40. The molecule has 0 radical (unpaired) electrons. The lowest BCUT2D eigenvalue weighted by Crippen LogP contribution is -1.97. The van der Waals surface area contributed by atoms with Gasteiger partial charge < -0.3 is 0 Å². The Bertz CT molecular complexity index is 302.